The minimum Gasteiger partial charge on any atom is -0.508 e. The Kier molecular flexibility index (Phi) is 3.27. The van der Waals surface area contributed by atoms with Gasteiger partial charge in [-0.3, -0.25) is 4.79 Å². The number of Topliss-reactive ketones (excluding diaryl/α,β-unsaturated/α-hetero) is 1. The number of hydrogen-bond donors (Lipinski definition) is 2. The van der Waals surface area contributed by atoms with Gasteiger partial charge >= 0.3 is 0 Å². The van der Waals surface area contributed by atoms with Crippen molar-refractivity contribution in [3.8, 4) is 17.2 Å². The fraction of sp³-hybridized carbons (Fsp3) is 0. The van der Waals surface area contributed by atoms with Gasteiger partial charge in [0.1, 0.15) is 11.5 Å². The van der Waals surface area contributed by atoms with Gasteiger partial charge in [0.05, 0.1) is 10.6 Å². The first-order valence-electron chi connectivity index (χ1n) is 5.91. The number of phenols is 2. The molecule has 0 atom stereocenters. The summed E-state index contributed by atoms with van der Waals surface area (Å²) in [6, 6.07) is 6.98. The largest absolute Gasteiger partial charge is 0.508 e. The summed E-state index contributed by atoms with van der Waals surface area (Å²) < 4.78 is 5.44. The van der Waals surface area contributed by atoms with Gasteiger partial charge in [0, 0.05) is 16.7 Å². The normalized spacial score (nSPS) is 15.1. The zero-order valence-electron chi connectivity index (χ0n) is 10.4. The average molecular weight is 323 g/mol. The zero-order valence-corrected chi connectivity index (χ0v) is 11.9. The predicted molar refractivity (Wildman–Crippen MR) is 79.2 cm³/mol. The summed E-state index contributed by atoms with van der Waals surface area (Å²) in [6.07, 6.45) is 1.38. The molecule has 2 aromatic rings. The number of fused-ring (bicyclic) bond motifs is 1. The lowest BCUT2D eigenvalue weighted by Crippen LogP contribution is -1.98. The van der Waals surface area contributed by atoms with E-state index in [0.29, 0.717) is 10.6 Å². The summed E-state index contributed by atoms with van der Waals surface area (Å²) in [4.78, 5) is 12.2. The number of aromatic hydroxyl groups is 2. The second kappa shape index (κ2) is 4.98. The molecule has 0 spiro atoms. The Hall–Kier alpha value is -2.17. The molecule has 2 aromatic carbocycles. The van der Waals surface area contributed by atoms with Crippen molar-refractivity contribution in [2.45, 2.75) is 0 Å². The maximum atomic E-state index is 12.2. The molecule has 2 N–H and O–H groups in total. The number of ether oxygens (including phenoxy) is 1. The number of allylic oxidation sites excluding steroid dienone is 1. The Bertz CT molecular complexity index is 797. The van der Waals surface area contributed by atoms with E-state index in [1.807, 2.05) is 0 Å². The van der Waals surface area contributed by atoms with Crippen molar-refractivity contribution < 1.29 is 19.7 Å². The average Bonchev–Trinajstić information content (AvgIpc) is 2.71. The second-order valence-electron chi connectivity index (χ2n) is 4.45. The maximum absolute atomic E-state index is 12.2. The Morgan fingerprint density at radius 3 is 2.57 bits per heavy atom. The fourth-order valence-electron chi connectivity index (χ4n) is 2.01. The van der Waals surface area contributed by atoms with Crippen LogP contribution in [0.2, 0.25) is 10.0 Å². The van der Waals surface area contributed by atoms with Gasteiger partial charge < -0.3 is 14.9 Å². The SMILES string of the molecule is O=C1C(=Cc2ccc(O)cc2O)Oc2c(Cl)cc(Cl)cc21. The van der Waals surface area contributed by atoms with Crippen molar-refractivity contribution in [3.63, 3.8) is 0 Å². The number of hydrogen-bond acceptors (Lipinski definition) is 4. The van der Waals surface area contributed by atoms with E-state index in [2.05, 4.69) is 0 Å². The lowest BCUT2D eigenvalue weighted by Gasteiger charge is -2.02. The van der Waals surface area contributed by atoms with Crippen molar-refractivity contribution in [1.29, 1.82) is 0 Å². The molecule has 1 aliphatic rings. The van der Waals surface area contributed by atoms with Crippen LogP contribution in [0.4, 0.5) is 0 Å². The van der Waals surface area contributed by atoms with E-state index < -0.39 is 0 Å². The maximum Gasteiger partial charge on any atom is 0.232 e. The van der Waals surface area contributed by atoms with Crippen LogP contribution in [-0.2, 0) is 0 Å². The highest BCUT2D eigenvalue weighted by atomic mass is 35.5. The van der Waals surface area contributed by atoms with E-state index in [-0.39, 0.29) is 39.4 Å². The predicted octanol–water partition coefficient (Wildman–Crippen LogP) is 4.02. The minimum atomic E-state index is -0.373. The highest BCUT2D eigenvalue weighted by Gasteiger charge is 2.30. The summed E-state index contributed by atoms with van der Waals surface area (Å²) in [7, 11) is 0. The van der Waals surface area contributed by atoms with Gasteiger partial charge in [-0.05, 0) is 30.3 Å². The van der Waals surface area contributed by atoms with Crippen molar-refractivity contribution in [2.24, 2.45) is 0 Å². The molecule has 0 saturated heterocycles. The number of phenolic OH excluding ortho intramolecular Hbond substituents is 2. The molecule has 21 heavy (non-hydrogen) atoms. The summed E-state index contributed by atoms with van der Waals surface area (Å²) in [5.74, 6) is -0.349. The minimum absolute atomic E-state index is 0.0233. The third kappa shape index (κ3) is 2.44. The molecular weight excluding hydrogens is 315 g/mol. The standard InChI is InChI=1S/C15H8Cl2O4/c16-8-4-10-14(20)13(21-15(10)11(17)5-8)3-7-1-2-9(18)6-12(7)19/h1-6,18-19H. The number of ketones is 1. The Morgan fingerprint density at radius 2 is 1.86 bits per heavy atom. The van der Waals surface area contributed by atoms with Crippen LogP contribution >= 0.6 is 23.2 Å². The van der Waals surface area contributed by atoms with Crippen LogP contribution in [0.5, 0.6) is 17.2 Å². The van der Waals surface area contributed by atoms with Crippen LogP contribution in [-0.4, -0.2) is 16.0 Å². The Balaban J connectivity index is 2.05. The van der Waals surface area contributed by atoms with Gasteiger partial charge in [-0.2, -0.15) is 0 Å². The molecule has 0 saturated carbocycles. The summed E-state index contributed by atoms with van der Waals surface area (Å²) in [6.45, 7) is 0. The Morgan fingerprint density at radius 1 is 1.10 bits per heavy atom. The number of rotatable bonds is 1. The molecule has 1 heterocycles. The third-order valence-corrected chi connectivity index (χ3v) is 3.49. The number of carbonyl (C=O) groups is 1. The van der Waals surface area contributed by atoms with Crippen molar-refractivity contribution in [3.05, 3.63) is 57.3 Å². The smallest absolute Gasteiger partial charge is 0.232 e. The second-order valence-corrected chi connectivity index (χ2v) is 5.29. The van der Waals surface area contributed by atoms with Crippen LogP contribution in [0.1, 0.15) is 15.9 Å². The van der Waals surface area contributed by atoms with Gasteiger partial charge in [-0.15, -0.1) is 0 Å². The van der Waals surface area contributed by atoms with E-state index in [0.717, 1.165) is 0 Å². The molecule has 4 nitrogen and oxygen atoms in total. The number of benzene rings is 2. The van der Waals surface area contributed by atoms with Crippen molar-refractivity contribution >= 4 is 35.1 Å². The molecular formula is C15H8Cl2O4. The van der Waals surface area contributed by atoms with E-state index >= 15 is 0 Å². The van der Waals surface area contributed by atoms with E-state index in [4.69, 9.17) is 27.9 Å². The molecule has 6 heteroatoms. The Labute approximate surface area is 129 Å². The van der Waals surface area contributed by atoms with Crippen LogP contribution in [0.15, 0.2) is 36.1 Å². The fourth-order valence-corrected chi connectivity index (χ4v) is 2.54. The molecule has 0 amide bonds. The van der Waals surface area contributed by atoms with E-state index in [1.54, 1.807) is 0 Å². The van der Waals surface area contributed by atoms with Crippen LogP contribution in [0.3, 0.4) is 0 Å². The number of halogens is 2. The van der Waals surface area contributed by atoms with Crippen molar-refractivity contribution in [1.82, 2.24) is 0 Å². The molecule has 0 fully saturated rings. The quantitative estimate of drug-likeness (QED) is 0.778. The highest BCUT2D eigenvalue weighted by Crippen LogP contribution is 2.40. The monoisotopic (exact) mass is 322 g/mol. The van der Waals surface area contributed by atoms with Crippen LogP contribution in [0, 0.1) is 0 Å². The first-order valence-corrected chi connectivity index (χ1v) is 6.66. The molecule has 0 bridgehead atoms. The van der Waals surface area contributed by atoms with Gasteiger partial charge in [-0.25, -0.2) is 0 Å². The van der Waals surface area contributed by atoms with E-state index in [1.165, 1.54) is 36.4 Å². The molecule has 0 radical (unpaired) electrons. The highest BCUT2D eigenvalue weighted by molar-refractivity contribution is 6.37. The first-order chi connectivity index (χ1) is 9.95. The summed E-state index contributed by atoms with van der Waals surface area (Å²) >= 11 is 11.9. The summed E-state index contributed by atoms with van der Waals surface area (Å²) in [5.41, 5.74) is 0.614. The molecule has 0 aliphatic carbocycles. The molecule has 0 unspecified atom stereocenters. The molecule has 0 aromatic heterocycles. The summed E-state index contributed by atoms with van der Waals surface area (Å²) in [5, 5.41) is 19.6. The molecule has 3 rings (SSSR count). The van der Waals surface area contributed by atoms with Crippen molar-refractivity contribution in [2.75, 3.05) is 0 Å². The third-order valence-electron chi connectivity index (χ3n) is 2.99. The lowest BCUT2D eigenvalue weighted by atomic mass is 10.1. The zero-order chi connectivity index (χ0) is 15.1. The topological polar surface area (TPSA) is 66.8 Å². The first kappa shape index (κ1) is 13.8. The van der Waals surface area contributed by atoms with Gasteiger partial charge in [0.25, 0.3) is 0 Å². The molecule has 106 valence electrons. The van der Waals surface area contributed by atoms with Gasteiger partial charge in [0.15, 0.2) is 11.5 Å². The lowest BCUT2D eigenvalue weighted by molar-refractivity contribution is 0.101. The van der Waals surface area contributed by atoms with Crippen LogP contribution in [0.25, 0.3) is 6.08 Å². The number of carbonyl (C=O) groups excluding carboxylic acids is 1. The van der Waals surface area contributed by atoms with E-state index in [9.17, 15) is 15.0 Å². The molecule has 1 aliphatic heterocycles. The van der Waals surface area contributed by atoms with Crippen LogP contribution < -0.4 is 4.74 Å². The van der Waals surface area contributed by atoms with Gasteiger partial charge in [-0.1, -0.05) is 23.2 Å². The van der Waals surface area contributed by atoms with Gasteiger partial charge in [0.2, 0.25) is 5.78 Å².